The highest BCUT2D eigenvalue weighted by molar-refractivity contribution is 8.20. The summed E-state index contributed by atoms with van der Waals surface area (Å²) in [5.41, 5.74) is 5.97. The summed E-state index contributed by atoms with van der Waals surface area (Å²) in [7, 11) is 0. The fourth-order valence-corrected chi connectivity index (χ4v) is 4.46. The highest BCUT2D eigenvalue weighted by Crippen LogP contribution is 2.38. The highest BCUT2D eigenvalue weighted by atomic mass is 32.2. The number of hydrogen-bond donors (Lipinski definition) is 1. The summed E-state index contributed by atoms with van der Waals surface area (Å²) in [6.45, 7) is 4.45. The summed E-state index contributed by atoms with van der Waals surface area (Å²) in [4.78, 5) is 0. The van der Waals surface area contributed by atoms with Crippen molar-refractivity contribution < 1.29 is 0 Å². The van der Waals surface area contributed by atoms with E-state index < -0.39 is 0 Å². The van der Waals surface area contributed by atoms with Crippen LogP contribution in [0.15, 0.2) is 0 Å². The SMILES string of the molecule is CCC(N)C(C)C1SCCS1. The van der Waals surface area contributed by atoms with E-state index in [-0.39, 0.29) is 0 Å². The Morgan fingerprint density at radius 1 is 1.45 bits per heavy atom. The lowest BCUT2D eigenvalue weighted by molar-refractivity contribution is 0.476. The first-order chi connectivity index (χ1) is 5.25. The molecule has 1 aliphatic rings. The molecule has 1 fully saturated rings. The highest BCUT2D eigenvalue weighted by Gasteiger charge is 2.26. The molecule has 0 radical (unpaired) electrons. The molecule has 0 aliphatic carbocycles. The lowest BCUT2D eigenvalue weighted by Gasteiger charge is -2.22. The number of hydrogen-bond acceptors (Lipinski definition) is 3. The van der Waals surface area contributed by atoms with Gasteiger partial charge in [-0.05, 0) is 12.3 Å². The first-order valence-electron chi connectivity index (χ1n) is 4.24. The Morgan fingerprint density at radius 2 is 2.00 bits per heavy atom. The van der Waals surface area contributed by atoms with Crippen LogP contribution < -0.4 is 5.73 Å². The van der Waals surface area contributed by atoms with Crippen molar-refractivity contribution in [1.82, 2.24) is 0 Å². The van der Waals surface area contributed by atoms with Crippen molar-refractivity contribution in [1.29, 1.82) is 0 Å². The third kappa shape index (κ3) is 2.56. The Bertz CT molecular complexity index is 113. The van der Waals surface area contributed by atoms with Gasteiger partial charge in [-0.3, -0.25) is 0 Å². The van der Waals surface area contributed by atoms with E-state index in [9.17, 15) is 0 Å². The summed E-state index contributed by atoms with van der Waals surface area (Å²) in [6.07, 6.45) is 1.11. The van der Waals surface area contributed by atoms with Crippen LogP contribution >= 0.6 is 23.5 Å². The molecule has 2 N–H and O–H groups in total. The molecule has 1 nitrogen and oxygen atoms in total. The van der Waals surface area contributed by atoms with E-state index in [4.69, 9.17) is 5.73 Å². The van der Waals surface area contributed by atoms with Crippen molar-refractivity contribution in [3.05, 3.63) is 0 Å². The van der Waals surface area contributed by atoms with Gasteiger partial charge in [-0.15, -0.1) is 23.5 Å². The van der Waals surface area contributed by atoms with Gasteiger partial charge in [0.15, 0.2) is 0 Å². The van der Waals surface area contributed by atoms with Crippen LogP contribution in [0, 0.1) is 5.92 Å². The Labute approximate surface area is 77.9 Å². The van der Waals surface area contributed by atoms with Crippen LogP contribution in [-0.4, -0.2) is 22.1 Å². The second kappa shape index (κ2) is 4.63. The second-order valence-corrected chi connectivity index (χ2v) is 5.84. The van der Waals surface area contributed by atoms with E-state index in [2.05, 4.69) is 37.4 Å². The standard InChI is InChI=1S/C8H17NS2/c1-3-7(9)6(2)8-10-4-5-11-8/h6-8H,3-5,9H2,1-2H3. The minimum Gasteiger partial charge on any atom is -0.327 e. The molecule has 2 unspecified atom stereocenters. The molecule has 2 atom stereocenters. The molecule has 0 aromatic carbocycles. The Balaban J connectivity index is 2.32. The zero-order valence-corrected chi connectivity index (χ0v) is 8.88. The Hall–Kier alpha value is 0.660. The molecule has 0 bridgehead atoms. The average Bonchev–Trinajstić information content (AvgIpc) is 2.53. The third-order valence-electron chi connectivity index (χ3n) is 2.22. The van der Waals surface area contributed by atoms with Crippen molar-refractivity contribution in [2.45, 2.75) is 30.9 Å². The quantitative estimate of drug-likeness (QED) is 0.740. The molecule has 1 heterocycles. The predicted molar refractivity (Wildman–Crippen MR) is 56.1 cm³/mol. The molecule has 1 aliphatic heterocycles. The maximum absolute atomic E-state index is 5.97. The largest absolute Gasteiger partial charge is 0.327 e. The molecule has 3 heteroatoms. The van der Waals surface area contributed by atoms with E-state index in [1.54, 1.807) is 0 Å². The van der Waals surface area contributed by atoms with E-state index in [1.807, 2.05) is 0 Å². The number of rotatable bonds is 3. The van der Waals surface area contributed by atoms with Crippen LogP contribution in [0.1, 0.15) is 20.3 Å². The van der Waals surface area contributed by atoms with Gasteiger partial charge in [-0.25, -0.2) is 0 Å². The summed E-state index contributed by atoms with van der Waals surface area (Å²) < 4.78 is 0.768. The van der Waals surface area contributed by atoms with E-state index in [0.717, 1.165) is 11.0 Å². The Kier molecular flexibility index (Phi) is 4.10. The van der Waals surface area contributed by atoms with Crippen LogP contribution in [0.2, 0.25) is 0 Å². The van der Waals surface area contributed by atoms with Gasteiger partial charge in [0.25, 0.3) is 0 Å². The first-order valence-corrected chi connectivity index (χ1v) is 6.34. The third-order valence-corrected chi connectivity index (χ3v) is 5.69. The van der Waals surface area contributed by atoms with Gasteiger partial charge in [-0.1, -0.05) is 13.8 Å². The number of nitrogens with two attached hydrogens (primary N) is 1. The molecule has 1 rings (SSSR count). The van der Waals surface area contributed by atoms with Gasteiger partial charge in [-0.2, -0.15) is 0 Å². The van der Waals surface area contributed by atoms with Crippen molar-refractivity contribution in [2.24, 2.45) is 11.7 Å². The maximum Gasteiger partial charge on any atom is 0.0543 e. The second-order valence-electron chi connectivity index (χ2n) is 3.04. The topological polar surface area (TPSA) is 26.0 Å². The molecule has 11 heavy (non-hydrogen) atoms. The molecule has 0 aromatic rings. The van der Waals surface area contributed by atoms with Gasteiger partial charge in [0.1, 0.15) is 0 Å². The molecule has 1 saturated heterocycles. The summed E-state index contributed by atoms with van der Waals surface area (Å²) in [6, 6.07) is 0.401. The van der Waals surface area contributed by atoms with Gasteiger partial charge in [0.05, 0.1) is 4.58 Å². The minimum atomic E-state index is 0.401. The monoisotopic (exact) mass is 191 g/mol. The molecule has 66 valence electrons. The summed E-state index contributed by atoms with van der Waals surface area (Å²) >= 11 is 4.15. The lowest BCUT2D eigenvalue weighted by atomic mass is 10.0. The molecule has 0 spiro atoms. The van der Waals surface area contributed by atoms with E-state index >= 15 is 0 Å². The summed E-state index contributed by atoms with van der Waals surface area (Å²) in [5, 5.41) is 0. The number of thioether (sulfide) groups is 2. The summed E-state index contributed by atoms with van der Waals surface area (Å²) in [5.74, 6) is 3.31. The van der Waals surface area contributed by atoms with Gasteiger partial charge < -0.3 is 5.73 Å². The van der Waals surface area contributed by atoms with Crippen LogP contribution in [0.3, 0.4) is 0 Å². The van der Waals surface area contributed by atoms with Gasteiger partial charge in [0.2, 0.25) is 0 Å². The van der Waals surface area contributed by atoms with E-state index in [0.29, 0.717) is 12.0 Å². The average molecular weight is 191 g/mol. The van der Waals surface area contributed by atoms with Crippen molar-refractivity contribution in [3.8, 4) is 0 Å². The predicted octanol–water partition coefficient (Wildman–Crippen LogP) is 2.17. The zero-order valence-electron chi connectivity index (χ0n) is 7.25. The van der Waals surface area contributed by atoms with E-state index in [1.165, 1.54) is 11.5 Å². The van der Waals surface area contributed by atoms with Crippen LogP contribution in [0.4, 0.5) is 0 Å². The smallest absolute Gasteiger partial charge is 0.0543 e. The molecule has 0 aromatic heterocycles. The van der Waals surface area contributed by atoms with Gasteiger partial charge in [0, 0.05) is 17.5 Å². The molecule has 0 saturated carbocycles. The van der Waals surface area contributed by atoms with Gasteiger partial charge >= 0.3 is 0 Å². The fourth-order valence-electron chi connectivity index (χ4n) is 1.25. The maximum atomic E-state index is 5.97. The van der Waals surface area contributed by atoms with Crippen molar-refractivity contribution >= 4 is 23.5 Å². The van der Waals surface area contributed by atoms with Crippen molar-refractivity contribution in [3.63, 3.8) is 0 Å². The first kappa shape index (κ1) is 9.75. The van der Waals surface area contributed by atoms with Crippen molar-refractivity contribution in [2.75, 3.05) is 11.5 Å². The van der Waals surface area contributed by atoms with Crippen LogP contribution in [0.5, 0.6) is 0 Å². The Morgan fingerprint density at radius 3 is 2.45 bits per heavy atom. The van der Waals surface area contributed by atoms with Crippen LogP contribution in [-0.2, 0) is 0 Å². The molecule has 0 amide bonds. The molecular formula is C8H17NS2. The zero-order chi connectivity index (χ0) is 8.27. The minimum absolute atomic E-state index is 0.401. The molecular weight excluding hydrogens is 174 g/mol. The normalized spacial score (nSPS) is 25.4. The fraction of sp³-hybridized carbons (Fsp3) is 1.00. The lowest BCUT2D eigenvalue weighted by Crippen LogP contribution is -2.32. The van der Waals surface area contributed by atoms with Crippen LogP contribution in [0.25, 0.3) is 0 Å².